The van der Waals surface area contributed by atoms with Crippen LogP contribution in [-0.2, 0) is 5.60 Å². The van der Waals surface area contributed by atoms with Crippen molar-refractivity contribution < 1.29 is 9.84 Å². The zero-order valence-electron chi connectivity index (χ0n) is 14.5. The van der Waals surface area contributed by atoms with Crippen LogP contribution < -0.4 is 4.74 Å². The Bertz CT molecular complexity index is 738. The Morgan fingerprint density at radius 1 is 1.13 bits per heavy atom. The van der Waals surface area contributed by atoms with Gasteiger partial charge in [-0.2, -0.15) is 0 Å². The summed E-state index contributed by atoms with van der Waals surface area (Å²) < 4.78 is 6.09. The van der Waals surface area contributed by atoms with Gasteiger partial charge in [0, 0.05) is 5.56 Å². The molecule has 2 aromatic carbocycles. The van der Waals surface area contributed by atoms with Gasteiger partial charge in [0.05, 0.1) is 5.56 Å². The third kappa shape index (κ3) is 3.47. The molecule has 0 bridgehead atoms. The van der Waals surface area contributed by atoms with Crippen LogP contribution in [-0.4, -0.2) is 19.3 Å². The molecule has 1 N–H and O–H groups in total. The number of fused-ring (bicyclic) bond motifs is 3. The molecule has 119 valence electrons. The van der Waals surface area contributed by atoms with Crippen LogP contribution in [0.25, 0.3) is 11.1 Å². The van der Waals surface area contributed by atoms with Crippen molar-refractivity contribution in [3.05, 3.63) is 47.0 Å². The van der Waals surface area contributed by atoms with Gasteiger partial charge in [0.2, 0.25) is 0 Å². The first-order valence-corrected chi connectivity index (χ1v) is 7.81. The van der Waals surface area contributed by atoms with Crippen LogP contribution in [0.3, 0.4) is 0 Å². The minimum atomic E-state index is -0.379. The molecule has 0 fully saturated rings. The first-order chi connectivity index (χ1) is 10.8. The molecule has 3 nitrogen and oxygen atoms in total. The summed E-state index contributed by atoms with van der Waals surface area (Å²) in [5.74, 6) is 1.05. The van der Waals surface area contributed by atoms with Gasteiger partial charge >= 0.3 is 26.0 Å². The van der Waals surface area contributed by atoms with Crippen LogP contribution in [0.15, 0.2) is 35.2 Å². The number of hydrogen-bond acceptors (Lipinski definition) is 3. The maximum atomic E-state index is 10.3. The zero-order chi connectivity index (χ0) is 17.2. The molecule has 0 aliphatic carbocycles. The van der Waals surface area contributed by atoms with Gasteiger partial charge in [0.1, 0.15) is 17.1 Å². The van der Waals surface area contributed by atoms with E-state index in [2.05, 4.69) is 51.5 Å². The Hall–Kier alpha value is -2.10. The maximum absolute atomic E-state index is 10.3. The Morgan fingerprint density at radius 3 is 2.39 bits per heavy atom. The van der Waals surface area contributed by atoms with E-state index in [-0.39, 0.29) is 11.4 Å². The summed E-state index contributed by atoms with van der Waals surface area (Å²) in [5, 5.41) is 10.3. The van der Waals surface area contributed by atoms with E-state index in [1.165, 1.54) is 5.56 Å². The zero-order valence-corrected chi connectivity index (χ0v) is 14.5. The SMILES string of the molecule is Cc1cc(O)c2c(c1)OC(C)(C)c1ccc(C)cc1-2.[B]=NCC. The van der Waals surface area contributed by atoms with Gasteiger partial charge in [-0.05, 0) is 51.0 Å². The number of ether oxygens (including phenoxy) is 1. The molecule has 23 heavy (non-hydrogen) atoms. The van der Waals surface area contributed by atoms with Gasteiger partial charge in [-0.3, -0.25) is 0 Å². The van der Waals surface area contributed by atoms with Gasteiger partial charge in [-0.1, -0.05) is 23.8 Å². The van der Waals surface area contributed by atoms with E-state index in [9.17, 15) is 5.11 Å². The van der Waals surface area contributed by atoms with Gasteiger partial charge in [0.25, 0.3) is 0 Å². The summed E-state index contributed by atoms with van der Waals surface area (Å²) in [5.41, 5.74) is 4.80. The third-order valence-electron chi connectivity index (χ3n) is 3.87. The summed E-state index contributed by atoms with van der Waals surface area (Å²) in [6.07, 6.45) is 0. The number of hydrogen-bond donors (Lipinski definition) is 1. The van der Waals surface area contributed by atoms with Crippen molar-refractivity contribution in [2.24, 2.45) is 4.90 Å². The molecule has 4 heteroatoms. The normalized spacial score (nSPS) is 13.7. The number of nitrogens with zero attached hydrogens (tertiary/aromatic N) is 1. The average molecular weight is 308 g/mol. The number of rotatable bonds is 1. The quantitative estimate of drug-likeness (QED) is 0.778. The Labute approximate surface area is 139 Å². The molecule has 0 saturated heterocycles. The molecule has 2 aromatic rings. The Morgan fingerprint density at radius 2 is 1.78 bits per heavy atom. The molecule has 1 radical (unpaired) electrons. The van der Waals surface area contributed by atoms with Crippen LogP contribution >= 0.6 is 0 Å². The van der Waals surface area contributed by atoms with Gasteiger partial charge < -0.3 is 9.84 Å². The Balaban J connectivity index is 0.000000433. The summed E-state index contributed by atoms with van der Waals surface area (Å²) in [7, 11) is 4.65. The molecule has 0 saturated carbocycles. The van der Waals surface area contributed by atoms with Crippen molar-refractivity contribution in [1.29, 1.82) is 0 Å². The van der Waals surface area contributed by atoms with E-state index in [4.69, 9.17) is 4.74 Å². The molecule has 0 aromatic heterocycles. The minimum absolute atomic E-state index is 0.289. The van der Waals surface area contributed by atoms with E-state index >= 15 is 0 Å². The second kappa shape index (κ2) is 6.57. The van der Waals surface area contributed by atoms with Crippen molar-refractivity contribution in [3.63, 3.8) is 0 Å². The predicted octanol–water partition coefficient (Wildman–Crippen LogP) is 4.66. The Kier molecular flexibility index (Phi) is 4.93. The summed E-state index contributed by atoms with van der Waals surface area (Å²) in [6, 6.07) is 10.1. The number of aromatic hydroxyl groups is 1. The molecule has 0 amide bonds. The van der Waals surface area contributed by atoms with Crippen LogP contribution in [0.2, 0.25) is 0 Å². The molecular formula is C19H23BNO2. The molecule has 0 unspecified atom stereocenters. The average Bonchev–Trinajstić information content (AvgIpc) is 2.45. The summed E-state index contributed by atoms with van der Waals surface area (Å²) in [4.78, 5) is 3.24. The van der Waals surface area contributed by atoms with Gasteiger partial charge in [-0.15, -0.1) is 0 Å². The fourth-order valence-electron chi connectivity index (χ4n) is 2.81. The fourth-order valence-corrected chi connectivity index (χ4v) is 2.81. The summed E-state index contributed by atoms with van der Waals surface area (Å²) in [6.45, 7) is 10.8. The molecule has 1 aliphatic rings. The van der Waals surface area contributed by atoms with E-state index < -0.39 is 0 Å². The number of phenolic OH excluding ortho intramolecular Hbond substituents is 1. The second-order valence-electron chi connectivity index (χ2n) is 6.32. The molecule has 3 rings (SSSR count). The van der Waals surface area contributed by atoms with Crippen LogP contribution in [0.4, 0.5) is 0 Å². The topological polar surface area (TPSA) is 41.8 Å². The van der Waals surface area contributed by atoms with E-state index in [0.717, 1.165) is 34.5 Å². The number of phenols is 1. The monoisotopic (exact) mass is 308 g/mol. The molecule has 0 spiro atoms. The van der Waals surface area contributed by atoms with Crippen molar-refractivity contribution >= 4 is 7.64 Å². The van der Waals surface area contributed by atoms with E-state index in [1.807, 2.05) is 19.9 Å². The first kappa shape index (κ1) is 17.3. The fraction of sp³-hybridized carbons (Fsp3) is 0.368. The second-order valence-corrected chi connectivity index (χ2v) is 6.32. The predicted molar refractivity (Wildman–Crippen MR) is 95.4 cm³/mol. The van der Waals surface area contributed by atoms with Gasteiger partial charge in [0.15, 0.2) is 0 Å². The van der Waals surface area contributed by atoms with E-state index in [0.29, 0.717) is 0 Å². The van der Waals surface area contributed by atoms with Crippen LogP contribution in [0, 0.1) is 13.8 Å². The van der Waals surface area contributed by atoms with E-state index in [1.54, 1.807) is 6.07 Å². The van der Waals surface area contributed by atoms with Crippen molar-refractivity contribution in [3.8, 4) is 22.6 Å². The van der Waals surface area contributed by atoms with Gasteiger partial charge in [-0.25, -0.2) is 0 Å². The number of benzene rings is 2. The molecule has 1 aliphatic heterocycles. The van der Waals surface area contributed by atoms with Crippen molar-refractivity contribution in [2.75, 3.05) is 6.54 Å². The number of aryl methyl sites for hydroxylation is 2. The first-order valence-electron chi connectivity index (χ1n) is 7.81. The van der Waals surface area contributed by atoms with Crippen LogP contribution in [0.1, 0.15) is 37.5 Å². The van der Waals surface area contributed by atoms with Crippen molar-refractivity contribution in [2.45, 2.75) is 40.2 Å². The standard InChI is InChI=1S/C17H18O2.C2H5BN/c1-10-5-6-13-12(7-10)16-14(18)8-11(2)9-15(16)19-17(13,3)4;1-2-4-3/h5-9,18H,1-4H3;2H2,1H3. The molecule has 0 atom stereocenters. The van der Waals surface area contributed by atoms with Crippen LogP contribution in [0.5, 0.6) is 11.5 Å². The third-order valence-corrected chi connectivity index (χ3v) is 3.87. The molecular weight excluding hydrogens is 285 g/mol. The van der Waals surface area contributed by atoms with Crippen molar-refractivity contribution in [1.82, 2.24) is 0 Å². The molecule has 1 heterocycles. The summed E-state index contributed by atoms with van der Waals surface area (Å²) >= 11 is 0.